The van der Waals surface area contributed by atoms with Gasteiger partial charge in [-0.1, -0.05) is 6.07 Å². The highest BCUT2D eigenvalue weighted by molar-refractivity contribution is 5.95. The summed E-state index contributed by atoms with van der Waals surface area (Å²) in [4.78, 5) is 16.3. The van der Waals surface area contributed by atoms with Crippen LogP contribution in [0.5, 0.6) is 0 Å². The van der Waals surface area contributed by atoms with Crippen LogP contribution in [0.15, 0.2) is 43.0 Å². The molecule has 6 nitrogen and oxygen atoms in total. The van der Waals surface area contributed by atoms with E-state index in [0.717, 1.165) is 11.4 Å². The molecule has 0 bridgehead atoms. The fourth-order valence-electron chi connectivity index (χ4n) is 2.40. The molecule has 0 aliphatic carbocycles. The zero-order valence-electron chi connectivity index (χ0n) is 11.8. The summed E-state index contributed by atoms with van der Waals surface area (Å²) >= 11 is 0. The molecule has 0 saturated carbocycles. The molecule has 1 aromatic heterocycles. The second-order valence-electron chi connectivity index (χ2n) is 5.02. The molecule has 2 N–H and O–H groups in total. The van der Waals surface area contributed by atoms with Crippen molar-refractivity contribution in [1.82, 2.24) is 14.9 Å². The van der Waals surface area contributed by atoms with Gasteiger partial charge in [0.15, 0.2) is 0 Å². The lowest BCUT2D eigenvalue weighted by molar-refractivity contribution is -0.123. The lowest BCUT2D eigenvalue weighted by Crippen LogP contribution is -2.53. The van der Waals surface area contributed by atoms with Crippen molar-refractivity contribution in [2.75, 3.05) is 18.5 Å². The molecule has 21 heavy (non-hydrogen) atoms. The summed E-state index contributed by atoms with van der Waals surface area (Å²) in [6.45, 7) is 3.23. The van der Waals surface area contributed by atoms with Crippen molar-refractivity contribution in [3.8, 4) is 5.69 Å². The molecule has 2 aromatic rings. The van der Waals surface area contributed by atoms with E-state index in [4.69, 9.17) is 4.74 Å². The summed E-state index contributed by atoms with van der Waals surface area (Å²) < 4.78 is 7.39. The first-order valence-electron chi connectivity index (χ1n) is 6.98. The van der Waals surface area contributed by atoms with E-state index in [9.17, 15) is 4.79 Å². The first-order chi connectivity index (χ1) is 10.2. The average Bonchev–Trinajstić information content (AvgIpc) is 3.02. The highest BCUT2D eigenvalue weighted by atomic mass is 16.5. The van der Waals surface area contributed by atoms with Gasteiger partial charge < -0.3 is 19.9 Å². The minimum Gasteiger partial charge on any atom is -0.375 e. The number of hydrogen-bond donors (Lipinski definition) is 2. The number of carbonyl (C=O) groups is 1. The molecule has 3 rings (SSSR count). The summed E-state index contributed by atoms with van der Waals surface area (Å²) in [5.74, 6) is -0.0787. The number of carbonyl (C=O) groups excluding carboxylic acids is 1. The van der Waals surface area contributed by atoms with Gasteiger partial charge in [0.05, 0.1) is 19.0 Å². The number of benzene rings is 1. The SMILES string of the molecule is C[C@H]1OCCN[C@@H]1C(=O)Nc1cccc(-n2ccnc2)c1. The molecule has 0 spiro atoms. The van der Waals surface area contributed by atoms with Crippen LogP contribution in [0.3, 0.4) is 0 Å². The van der Waals surface area contributed by atoms with Gasteiger partial charge in [-0.05, 0) is 25.1 Å². The topological polar surface area (TPSA) is 68.2 Å². The summed E-state index contributed by atoms with van der Waals surface area (Å²) in [6.07, 6.45) is 5.17. The molecular weight excluding hydrogens is 268 g/mol. The molecule has 1 saturated heterocycles. The normalized spacial score (nSPS) is 22.0. The lowest BCUT2D eigenvalue weighted by Gasteiger charge is -2.29. The minimum atomic E-state index is -0.323. The minimum absolute atomic E-state index is 0.0787. The van der Waals surface area contributed by atoms with Gasteiger partial charge in [-0.3, -0.25) is 4.79 Å². The Balaban J connectivity index is 1.73. The summed E-state index contributed by atoms with van der Waals surface area (Å²) in [7, 11) is 0. The first-order valence-corrected chi connectivity index (χ1v) is 6.98. The fraction of sp³-hybridized carbons (Fsp3) is 0.333. The van der Waals surface area contributed by atoms with Crippen molar-refractivity contribution >= 4 is 11.6 Å². The standard InChI is InChI=1S/C15H18N4O2/c1-11-14(17-6-8-21-11)15(20)18-12-3-2-4-13(9-12)19-7-5-16-10-19/h2-5,7,9-11,14,17H,6,8H2,1H3,(H,18,20)/t11-,14+/m1/s1. The van der Waals surface area contributed by atoms with Crippen LogP contribution in [0, 0.1) is 0 Å². The Kier molecular flexibility index (Phi) is 3.98. The molecule has 2 heterocycles. The second kappa shape index (κ2) is 6.07. The highest BCUT2D eigenvalue weighted by Gasteiger charge is 2.28. The Bertz CT molecular complexity index is 612. The molecular formula is C15H18N4O2. The van der Waals surface area contributed by atoms with E-state index < -0.39 is 0 Å². The van der Waals surface area contributed by atoms with Gasteiger partial charge in [-0.25, -0.2) is 4.98 Å². The van der Waals surface area contributed by atoms with E-state index in [2.05, 4.69) is 15.6 Å². The van der Waals surface area contributed by atoms with Crippen molar-refractivity contribution in [2.45, 2.75) is 19.1 Å². The van der Waals surface area contributed by atoms with Gasteiger partial charge in [0, 0.05) is 30.3 Å². The molecule has 0 radical (unpaired) electrons. The number of nitrogens with one attached hydrogen (secondary N) is 2. The predicted molar refractivity (Wildman–Crippen MR) is 79.4 cm³/mol. The molecule has 1 fully saturated rings. The van der Waals surface area contributed by atoms with E-state index >= 15 is 0 Å². The van der Waals surface area contributed by atoms with Gasteiger partial charge in [0.1, 0.15) is 6.04 Å². The molecule has 6 heteroatoms. The summed E-state index contributed by atoms with van der Waals surface area (Å²) in [5, 5.41) is 6.11. The third-order valence-electron chi connectivity index (χ3n) is 3.52. The number of nitrogens with zero attached hydrogens (tertiary/aromatic N) is 2. The van der Waals surface area contributed by atoms with Crippen LogP contribution >= 0.6 is 0 Å². The Hall–Kier alpha value is -2.18. The third-order valence-corrected chi connectivity index (χ3v) is 3.52. The zero-order valence-corrected chi connectivity index (χ0v) is 11.8. The highest BCUT2D eigenvalue weighted by Crippen LogP contribution is 2.15. The largest absolute Gasteiger partial charge is 0.375 e. The van der Waals surface area contributed by atoms with Gasteiger partial charge in [0.2, 0.25) is 5.91 Å². The van der Waals surface area contributed by atoms with Gasteiger partial charge in [-0.2, -0.15) is 0 Å². The number of hydrogen-bond acceptors (Lipinski definition) is 4. The molecule has 110 valence electrons. The Labute approximate surface area is 123 Å². The number of rotatable bonds is 3. The lowest BCUT2D eigenvalue weighted by atomic mass is 10.1. The third kappa shape index (κ3) is 3.12. The molecule has 1 aliphatic heterocycles. The van der Waals surface area contributed by atoms with Crippen LogP contribution in [-0.4, -0.2) is 40.8 Å². The number of ether oxygens (including phenoxy) is 1. The van der Waals surface area contributed by atoms with Crippen LogP contribution in [0.2, 0.25) is 0 Å². The fourth-order valence-corrected chi connectivity index (χ4v) is 2.40. The van der Waals surface area contributed by atoms with Gasteiger partial charge in [-0.15, -0.1) is 0 Å². The van der Waals surface area contributed by atoms with Crippen molar-refractivity contribution < 1.29 is 9.53 Å². The maximum absolute atomic E-state index is 12.3. The molecule has 2 atom stereocenters. The number of amides is 1. The van der Waals surface area contributed by atoms with Crippen molar-refractivity contribution in [1.29, 1.82) is 0 Å². The van der Waals surface area contributed by atoms with Gasteiger partial charge in [0.25, 0.3) is 0 Å². The summed E-state index contributed by atoms with van der Waals surface area (Å²) in [6, 6.07) is 7.32. The number of anilines is 1. The van der Waals surface area contributed by atoms with E-state index in [1.807, 2.05) is 42.0 Å². The van der Waals surface area contributed by atoms with E-state index in [-0.39, 0.29) is 18.1 Å². The maximum atomic E-state index is 12.3. The zero-order chi connectivity index (χ0) is 14.7. The number of aromatic nitrogens is 2. The van der Waals surface area contributed by atoms with E-state index in [1.54, 1.807) is 12.5 Å². The average molecular weight is 286 g/mol. The number of morpholine rings is 1. The van der Waals surface area contributed by atoms with Crippen LogP contribution in [0.1, 0.15) is 6.92 Å². The number of imidazole rings is 1. The predicted octanol–water partition coefficient (Wildman–Crippen LogP) is 1.19. The second-order valence-corrected chi connectivity index (χ2v) is 5.02. The van der Waals surface area contributed by atoms with Crippen LogP contribution in [-0.2, 0) is 9.53 Å². The van der Waals surface area contributed by atoms with Crippen molar-refractivity contribution in [3.05, 3.63) is 43.0 Å². The van der Waals surface area contributed by atoms with Crippen LogP contribution < -0.4 is 10.6 Å². The Morgan fingerprint density at radius 2 is 2.43 bits per heavy atom. The smallest absolute Gasteiger partial charge is 0.244 e. The maximum Gasteiger partial charge on any atom is 0.244 e. The quantitative estimate of drug-likeness (QED) is 0.889. The van der Waals surface area contributed by atoms with Crippen LogP contribution in [0.25, 0.3) is 5.69 Å². The molecule has 1 aromatic carbocycles. The van der Waals surface area contributed by atoms with Gasteiger partial charge >= 0.3 is 0 Å². The first kappa shape index (κ1) is 13.8. The monoisotopic (exact) mass is 286 g/mol. The van der Waals surface area contributed by atoms with Crippen molar-refractivity contribution in [2.24, 2.45) is 0 Å². The molecule has 1 amide bonds. The van der Waals surface area contributed by atoms with Crippen LogP contribution in [0.4, 0.5) is 5.69 Å². The van der Waals surface area contributed by atoms with Crippen molar-refractivity contribution in [3.63, 3.8) is 0 Å². The van der Waals surface area contributed by atoms with E-state index in [1.165, 1.54) is 0 Å². The van der Waals surface area contributed by atoms with E-state index in [0.29, 0.717) is 13.2 Å². The Morgan fingerprint density at radius 3 is 3.19 bits per heavy atom. The molecule has 0 unspecified atom stereocenters. The molecule has 1 aliphatic rings. The summed E-state index contributed by atoms with van der Waals surface area (Å²) in [5.41, 5.74) is 1.71. The Morgan fingerprint density at radius 1 is 1.52 bits per heavy atom.